The van der Waals surface area contributed by atoms with Gasteiger partial charge in [-0.25, -0.2) is 0 Å². The van der Waals surface area contributed by atoms with E-state index in [9.17, 15) is 0 Å². The van der Waals surface area contributed by atoms with E-state index in [1.165, 1.54) is 10.9 Å². The molecule has 108 valence electrons. The third-order valence-corrected chi connectivity index (χ3v) is 3.86. The Labute approximate surface area is 119 Å². The van der Waals surface area contributed by atoms with Gasteiger partial charge in [0.2, 0.25) is 0 Å². The van der Waals surface area contributed by atoms with Crippen LogP contribution in [0, 0.1) is 0 Å². The molecule has 3 rings (SSSR count). The SMILES string of the molecule is CC(C)c1ccc(OCC2CCCO2)c2nn(C)cc12. The molecule has 1 aromatic carbocycles. The number of benzene rings is 1. The van der Waals surface area contributed by atoms with E-state index in [-0.39, 0.29) is 6.10 Å². The standard InChI is InChI=1S/C16H22N2O2/c1-11(2)13-6-7-15(16-14(13)9-18(3)17-16)20-10-12-5-4-8-19-12/h6-7,9,11-12H,4-5,8,10H2,1-3H3. The van der Waals surface area contributed by atoms with Crippen molar-refractivity contribution in [2.45, 2.75) is 38.7 Å². The lowest BCUT2D eigenvalue weighted by atomic mass is 9.99. The Morgan fingerprint density at radius 2 is 2.30 bits per heavy atom. The van der Waals surface area contributed by atoms with Gasteiger partial charge in [-0.3, -0.25) is 4.68 Å². The summed E-state index contributed by atoms with van der Waals surface area (Å²) in [7, 11) is 1.95. The van der Waals surface area contributed by atoms with E-state index < -0.39 is 0 Å². The van der Waals surface area contributed by atoms with Crippen LogP contribution in [0.25, 0.3) is 10.9 Å². The number of aromatic nitrogens is 2. The van der Waals surface area contributed by atoms with E-state index in [4.69, 9.17) is 9.47 Å². The van der Waals surface area contributed by atoms with E-state index in [0.29, 0.717) is 12.5 Å². The molecule has 0 saturated carbocycles. The quantitative estimate of drug-likeness (QED) is 0.858. The first-order valence-corrected chi connectivity index (χ1v) is 7.36. The molecule has 20 heavy (non-hydrogen) atoms. The molecule has 1 aliphatic rings. The van der Waals surface area contributed by atoms with Crippen LogP contribution in [-0.2, 0) is 11.8 Å². The topological polar surface area (TPSA) is 36.3 Å². The maximum Gasteiger partial charge on any atom is 0.147 e. The van der Waals surface area contributed by atoms with Crippen LogP contribution in [-0.4, -0.2) is 29.1 Å². The lowest BCUT2D eigenvalue weighted by molar-refractivity contribution is 0.0684. The Kier molecular flexibility index (Phi) is 3.66. The van der Waals surface area contributed by atoms with Crippen LogP contribution >= 0.6 is 0 Å². The van der Waals surface area contributed by atoms with Crippen LogP contribution in [0.5, 0.6) is 5.75 Å². The van der Waals surface area contributed by atoms with Crippen LogP contribution in [0.1, 0.15) is 38.2 Å². The number of hydrogen-bond donors (Lipinski definition) is 0. The molecule has 1 aromatic heterocycles. The molecule has 2 heterocycles. The van der Waals surface area contributed by atoms with Crippen molar-refractivity contribution in [3.63, 3.8) is 0 Å². The van der Waals surface area contributed by atoms with Gasteiger partial charge in [-0.1, -0.05) is 19.9 Å². The number of fused-ring (bicyclic) bond motifs is 1. The molecule has 0 spiro atoms. The molecule has 0 amide bonds. The van der Waals surface area contributed by atoms with Crippen molar-refractivity contribution >= 4 is 10.9 Å². The Hall–Kier alpha value is -1.55. The minimum atomic E-state index is 0.235. The van der Waals surface area contributed by atoms with Gasteiger partial charge in [-0.2, -0.15) is 5.10 Å². The lowest BCUT2D eigenvalue weighted by Gasteiger charge is -2.13. The zero-order valence-corrected chi connectivity index (χ0v) is 12.4. The number of nitrogens with zero attached hydrogens (tertiary/aromatic N) is 2. The molecule has 4 nitrogen and oxygen atoms in total. The summed E-state index contributed by atoms with van der Waals surface area (Å²) in [6.07, 6.45) is 4.54. The van der Waals surface area contributed by atoms with Crippen molar-refractivity contribution in [2.75, 3.05) is 13.2 Å². The first kappa shape index (κ1) is 13.4. The number of aryl methyl sites for hydroxylation is 1. The van der Waals surface area contributed by atoms with Crippen LogP contribution in [0.3, 0.4) is 0 Å². The summed E-state index contributed by atoms with van der Waals surface area (Å²) in [5, 5.41) is 5.74. The summed E-state index contributed by atoms with van der Waals surface area (Å²) in [6, 6.07) is 4.19. The average molecular weight is 274 g/mol. The number of rotatable bonds is 4. The van der Waals surface area contributed by atoms with Crippen LogP contribution in [0.2, 0.25) is 0 Å². The normalized spacial score (nSPS) is 19.1. The van der Waals surface area contributed by atoms with Gasteiger partial charge in [0.15, 0.2) is 0 Å². The molecule has 0 aliphatic carbocycles. The zero-order valence-electron chi connectivity index (χ0n) is 12.4. The Morgan fingerprint density at radius 3 is 3.00 bits per heavy atom. The summed E-state index contributed by atoms with van der Waals surface area (Å²) in [5.41, 5.74) is 2.27. The molecule has 2 aromatic rings. The maximum atomic E-state index is 5.95. The van der Waals surface area contributed by atoms with Gasteiger partial charge in [0.05, 0.1) is 6.10 Å². The minimum Gasteiger partial charge on any atom is -0.489 e. The predicted octanol–water partition coefficient (Wildman–Crippen LogP) is 3.25. The van der Waals surface area contributed by atoms with Crippen LogP contribution in [0.4, 0.5) is 0 Å². The lowest BCUT2D eigenvalue weighted by Crippen LogP contribution is -2.16. The second-order valence-electron chi connectivity index (χ2n) is 5.82. The van der Waals surface area contributed by atoms with Crippen molar-refractivity contribution in [3.8, 4) is 5.75 Å². The molecule has 1 atom stereocenters. The summed E-state index contributed by atoms with van der Waals surface area (Å²) in [5.74, 6) is 1.34. The van der Waals surface area contributed by atoms with E-state index >= 15 is 0 Å². The van der Waals surface area contributed by atoms with E-state index in [1.54, 1.807) is 0 Å². The van der Waals surface area contributed by atoms with Gasteiger partial charge in [0.25, 0.3) is 0 Å². The van der Waals surface area contributed by atoms with E-state index in [1.807, 2.05) is 17.8 Å². The van der Waals surface area contributed by atoms with Gasteiger partial charge in [0, 0.05) is 25.2 Å². The highest BCUT2D eigenvalue weighted by molar-refractivity contribution is 5.87. The first-order valence-electron chi connectivity index (χ1n) is 7.36. The van der Waals surface area contributed by atoms with Gasteiger partial charge >= 0.3 is 0 Å². The average Bonchev–Trinajstić information content (AvgIpc) is 3.03. The van der Waals surface area contributed by atoms with Gasteiger partial charge in [-0.05, 0) is 30.4 Å². The van der Waals surface area contributed by atoms with Crippen molar-refractivity contribution in [1.29, 1.82) is 0 Å². The fourth-order valence-corrected chi connectivity index (χ4v) is 2.79. The molecule has 0 radical (unpaired) electrons. The highest BCUT2D eigenvalue weighted by atomic mass is 16.5. The first-order chi connectivity index (χ1) is 9.65. The Morgan fingerprint density at radius 1 is 1.45 bits per heavy atom. The van der Waals surface area contributed by atoms with E-state index in [0.717, 1.165) is 30.7 Å². The minimum absolute atomic E-state index is 0.235. The second-order valence-corrected chi connectivity index (χ2v) is 5.82. The van der Waals surface area contributed by atoms with Crippen LogP contribution in [0.15, 0.2) is 18.3 Å². The monoisotopic (exact) mass is 274 g/mol. The third kappa shape index (κ3) is 2.52. The summed E-state index contributed by atoms with van der Waals surface area (Å²) >= 11 is 0. The fourth-order valence-electron chi connectivity index (χ4n) is 2.79. The largest absolute Gasteiger partial charge is 0.489 e. The van der Waals surface area contributed by atoms with Gasteiger partial charge < -0.3 is 9.47 Å². The fraction of sp³-hybridized carbons (Fsp3) is 0.562. The Bertz CT molecular complexity index is 598. The summed E-state index contributed by atoms with van der Waals surface area (Å²) in [6.45, 7) is 5.88. The number of ether oxygens (including phenoxy) is 2. The molecule has 4 heteroatoms. The maximum absolute atomic E-state index is 5.95. The van der Waals surface area contributed by atoms with Crippen molar-refractivity contribution in [3.05, 3.63) is 23.9 Å². The van der Waals surface area contributed by atoms with Gasteiger partial charge in [0.1, 0.15) is 17.9 Å². The molecule has 1 fully saturated rings. The third-order valence-electron chi connectivity index (χ3n) is 3.86. The predicted molar refractivity (Wildman–Crippen MR) is 79.3 cm³/mol. The highest BCUT2D eigenvalue weighted by Crippen LogP contribution is 2.31. The molecule has 1 unspecified atom stereocenters. The van der Waals surface area contributed by atoms with Gasteiger partial charge in [-0.15, -0.1) is 0 Å². The summed E-state index contributed by atoms with van der Waals surface area (Å²) in [4.78, 5) is 0. The molecular weight excluding hydrogens is 252 g/mol. The van der Waals surface area contributed by atoms with Crippen molar-refractivity contribution in [2.24, 2.45) is 7.05 Å². The number of hydrogen-bond acceptors (Lipinski definition) is 3. The second kappa shape index (κ2) is 5.44. The Balaban J connectivity index is 1.89. The highest BCUT2D eigenvalue weighted by Gasteiger charge is 2.18. The summed E-state index contributed by atoms with van der Waals surface area (Å²) < 4.78 is 13.4. The zero-order chi connectivity index (χ0) is 14.1. The molecule has 1 aliphatic heterocycles. The smallest absolute Gasteiger partial charge is 0.147 e. The molecule has 1 saturated heterocycles. The van der Waals surface area contributed by atoms with Crippen LogP contribution < -0.4 is 4.74 Å². The molecule has 0 bridgehead atoms. The van der Waals surface area contributed by atoms with E-state index in [2.05, 4.69) is 31.2 Å². The molecular formula is C16H22N2O2. The van der Waals surface area contributed by atoms with Crippen molar-refractivity contribution in [1.82, 2.24) is 9.78 Å². The molecule has 0 N–H and O–H groups in total. The van der Waals surface area contributed by atoms with Crippen molar-refractivity contribution < 1.29 is 9.47 Å².